The van der Waals surface area contributed by atoms with Crippen LogP contribution in [0.3, 0.4) is 0 Å². The smallest absolute Gasteiger partial charge is 0.0775 e. The predicted octanol–water partition coefficient (Wildman–Crippen LogP) is 16.2. The highest BCUT2D eigenvalue weighted by molar-refractivity contribution is 6.89. The third-order valence-corrected chi connectivity index (χ3v) is 17.0. The second-order valence-electron chi connectivity index (χ2n) is 20.0. The summed E-state index contributed by atoms with van der Waals surface area (Å²) in [7, 11) is -2.93. The van der Waals surface area contributed by atoms with E-state index in [0.717, 1.165) is 34.1 Å². The summed E-state index contributed by atoms with van der Waals surface area (Å²) in [6.45, 7) is 23.5. The van der Waals surface area contributed by atoms with Gasteiger partial charge in [-0.15, -0.1) is 0 Å². The summed E-state index contributed by atoms with van der Waals surface area (Å²) >= 11 is 0. The average molecular weight is 856 g/mol. The highest BCUT2D eigenvalue weighted by atomic mass is 28.3. The van der Waals surface area contributed by atoms with Crippen molar-refractivity contribution in [3.8, 4) is 5.69 Å². The Morgan fingerprint density at radius 1 is 0.365 bits per heavy atom. The molecule has 0 unspecified atom stereocenters. The Labute approximate surface area is 377 Å². The molecule has 9 rings (SSSR count). The lowest BCUT2D eigenvalue weighted by molar-refractivity contribution is 0.866. The van der Waals surface area contributed by atoms with Crippen molar-refractivity contribution in [2.45, 2.75) is 78.8 Å². The minimum Gasteiger partial charge on any atom is -0.310 e. The molecule has 0 fully saturated rings. The van der Waals surface area contributed by atoms with Gasteiger partial charge in [0.05, 0.1) is 27.2 Å². The molecule has 0 aliphatic rings. The Hall–Kier alpha value is -6.15. The first-order chi connectivity index (χ1) is 30.1. The highest BCUT2D eigenvalue weighted by Gasteiger charge is 2.22. The van der Waals surface area contributed by atoms with Gasteiger partial charge in [-0.25, -0.2) is 0 Å². The average Bonchev–Trinajstić information content (AvgIpc) is 3.58. The first-order valence-corrected chi connectivity index (χ1v) is 29.7. The van der Waals surface area contributed by atoms with Crippen LogP contribution in [0.15, 0.2) is 176 Å². The molecule has 0 radical (unpaired) electrons. The summed E-state index contributed by atoms with van der Waals surface area (Å²) in [4.78, 5) is 4.84. The van der Waals surface area contributed by atoms with Gasteiger partial charge in [0.2, 0.25) is 0 Å². The highest BCUT2D eigenvalue weighted by Crippen LogP contribution is 2.42. The van der Waals surface area contributed by atoms with Crippen LogP contribution in [0.4, 0.5) is 34.1 Å². The van der Waals surface area contributed by atoms with Gasteiger partial charge in [-0.3, -0.25) is 0 Å². The Morgan fingerprint density at radius 3 is 1.24 bits per heavy atom. The molecule has 0 spiro atoms. The molecular formula is C58H61N3Si2. The van der Waals surface area contributed by atoms with E-state index in [0.29, 0.717) is 11.8 Å². The molecule has 316 valence electrons. The van der Waals surface area contributed by atoms with Gasteiger partial charge in [0.25, 0.3) is 0 Å². The molecule has 8 aromatic carbocycles. The number of hydrogen-bond acceptors (Lipinski definition) is 2. The van der Waals surface area contributed by atoms with Crippen molar-refractivity contribution in [3.63, 3.8) is 0 Å². The summed E-state index contributed by atoms with van der Waals surface area (Å²) in [5.41, 5.74) is 13.1. The van der Waals surface area contributed by atoms with Crippen LogP contribution in [0.5, 0.6) is 0 Å². The minimum atomic E-state index is -1.47. The summed E-state index contributed by atoms with van der Waals surface area (Å²) in [5.74, 6) is 0.938. The zero-order valence-corrected chi connectivity index (χ0v) is 40.7. The van der Waals surface area contributed by atoms with Gasteiger partial charge in [-0.2, -0.15) is 0 Å². The minimum absolute atomic E-state index is 0.466. The SMILES string of the molecule is CC(C)c1ccc(N(c2ccc([Si](C)(C)C)cc2)c2ccc3cc4c5ccc(N(c6ccc(C(C)C)cc6)c6ccc([Si](C)(C)C)cc6)cc5n(-c5ccccc5)c4cc3c2)cc1. The predicted molar refractivity (Wildman–Crippen MR) is 282 cm³/mol. The lowest BCUT2D eigenvalue weighted by Gasteiger charge is -2.27. The molecule has 63 heavy (non-hydrogen) atoms. The fourth-order valence-electron chi connectivity index (χ4n) is 9.00. The standard InChI is InChI=1S/C58H61N3Si2/c1-40(2)42-16-21-47(22-17-42)59(49-26-31-53(32-27-49)62(5,6)7)51-25-20-44-37-56-55-35-30-52(39-58(55)61(46-14-12-11-13-15-46)57(56)38-45(44)36-51)60(48-23-18-43(19-24-48)41(3)4)50-28-33-54(34-29-50)63(8,9)10/h11-41H,1-10H3. The topological polar surface area (TPSA) is 11.4 Å². The molecule has 0 saturated carbocycles. The van der Waals surface area contributed by atoms with E-state index in [1.165, 1.54) is 59.8 Å². The maximum Gasteiger partial charge on any atom is 0.0775 e. The van der Waals surface area contributed by atoms with Crippen molar-refractivity contribution in [1.82, 2.24) is 4.57 Å². The molecule has 0 bridgehead atoms. The second-order valence-corrected chi connectivity index (χ2v) is 30.2. The van der Waals surface area contributed by atoms with Gasteiger partial charge >= 0.3 is 0 Å². The summed E-state index contributed by atoms with van der Waals surface area (Å²) in [6.07, 6.45) is 0. The van der Waals surface area contributed by atoms with Gasteiger partial charge in [-0.05, 0) is 131 Å². The largest absolute Gasteiger partial charge is 0.310 e. The quantitative estimate of drug-likeness (QED) is 0.120. The first-order valence-electron chi connectivity index (χ1n) is 22.7. The molecule has 0 N–H and O–H groups in total. The maximum absolute atomic E-state index is 2.46. The van der Waals surface area contributed by atoms with Crippen molar-refractivity contribution in [1.29, 1.82) is 0 Å². The monoisotopic (exact) mass is 855 g/mol. The Morgan fingerprint density at radius 2 is 0.778 bits per heavy atom. The maximum atomic E-state index is 2.46. The van der Waals surface area contributed by atoms with Gasteiger partial charge < -0.3 is 14.4 Å². The molecule has 1 heterocycles. The number of aromatic nitrogens is 1. The van der Waals surface area contributed by atoms with Crippen LogP contribution in [0.1, 0.15) is 50.7 Å². The number of fused-ring (bicyclic) bond motifs is 4. The fourth-order valence-corrected chi connectivity index (χ4v) is 11.3. The van der Waals surface area contributed by atoms with E-state index in [9.17, 15) is 0 Å². The third-order valence-electron chi connectivity index (χ3n) is 12.8. The molecule has 3 nitrogen and oxygen atoms in total. The zero-order valence-electron chi connectivity index (χ0n) is 38.7. The molecule has 0 amide bonds. The number of benzene rings is 8. The molecule has 5 heteroatoms. The van der Waals surface area contributed by atoms with E-state index < -0.39 is 16.1 Å². The molecular weight excluding hydrogens is 795 g/mol. The lowest BCUT2D eigenvalue weighted by Crippen LogP contribution is -2.37. The third kappa shape index (κ3) is 8.28. The fraction of sp³-hybridized carbons (Fsp3) is 0.207. The van der Waals surface area contributed by atoms with Crippen LogP contribution >= 0.6 is 0 Å². The number of rotatable bonds is 11. The van der Waals surface area contributed by atoms with Crippen molar-refractivity contribution < 1.29 is 0 Å². The van der Waals surface area contributed by atoms with E-state index >= 15 is 0 Å². The summed E-state index contributed by atoms with van der Waals surface area (Å²) in [6, 6.07) is 66.6. The molecule has 0 saturated heterocycles. The van der Waals surface area contributed by atoms with E-state index in [-0.39, 0.29) is 0 Å². The van der Waals surface area contributed by atoms with Crippen LogP contribution < -0.4 is 20.2 Å². The molecule has 0 atom stereocenters. The van der Waals surface area contributed by atoms with Gasteiger partial charge in [0.15, 0.2) is 0 Å². The van der Waals surface area contributed by atoms with Crippen LogP contribution in [-0.4, -0.2) is 20.7 Å². The van der Waals surface area contributed by atoms with Crippen molar-refractivity contribution in [2.24, 2.45) is 0 Å². The van der Waals surface area contributed by atoms with Crippen LogP contribution in [-0.2, 0) is 0 Å². The van der Waals surface area contributed by atoms with Gasteiger partial charge in [0.1, 0.15) is 0 Å². The molecule has 1 aromatic heterocycles. The number of hydrogen-bond donors (Lipinski definition) is 0. The Bertz CT molecular complexity index is 3040. The molecule has 0 aliphatic heterocycles. The number of anilines is 6. The number of nitrogens with zero attached hydrogens (tertiary/aromatic N) is 3. The van der Waals surface area contributed by atoms with E-state index in [4.69, 9.17) is 0 Å². The van der Waals surface area contributed by atoms with E-state index in [1.807, 2.05) is 0 Å². The Balaban J connectivity index is 1.23. The van der Waals surface area contributed by atoms with Gasteiger partial charge in [-0.1, -0.05) is 156 Å². The zero-order chi connectivity index (χ0) is 44.2. The van der Waals surface area contributed by atoms with E-state index in [1.54, 1.807) is 0 Å². The van der Waals surface area contributed by atoms with E-state index in [2.05, 4.69) is 257 Å². The normalized spacial score (nSPS) is 12.3. The summed E-state index contributed by atoms with van der Waals surface area (Å²) in [5, 5.41) is 7.84. The lowest BCUT2D eigenvalue weighted by atomic mass is 10.0. The number of para-hydroxylation sites is 1. The van der Waals surface area contributed by atoms with Crippen molar-refractivity contribution in [3.05, 3.63) is 187 Å². The van der Waals surface area contributed by atoms with Gasteiger partial charge in [0, 0.05) is 50.6 Å². The van der Waals surface area contributed by atoms with Crippen LogP contribution in [0, 0.1) is 0 Å². The van der Waals surface area contributed by atoms with Crippen molar-refractivity contribution in [2.75, 3.05) is 9.80 Å². The van der Waals surface area contributed by atoms with Crippen LogP contribution in [0.2, 0.25) is 39.3 Å². The molecule has 0 aliphatic carbocycles. The van der Waals surface area contributed by atoms with Crippen molar-refractivity contribution >= 4 is 93.2 Å². The first kappa shape index (κ1) is 42.2. The van der Waals surface area contributed by atoms with Crippen LogP contribution in [0.25, 0.3) is 38.3 Å². The summed E-state index contributed by atoms with van der Waals surface area (Å²) < 4.78 is 2.46. The Kier molecular flexibility index (Phi) is 11.1. The second kappa shape index (κ2) is 16.5. The molecule has 9 aromatic rings.